The maximum absolute atomic E-state index is 13.0. The summed E-state index contributed by atoms with van der Waals surface area (Å²) in [6.45, 7) is 7.05. The van der Waals surface area contributed by atoms with Gasteiger partial charge in [0, 0.05) is 25.7 Å². The number of rotatable bonds is 18. The van der Waals surface area contributed by atoms with Crippen LogP contribution in [0.4, 0.5) is 0 Å². The molecule has 2 aliphatic heterocycles. The predicted octanol–water partition coefficient (Wildman–Crippen LogP) is 5.91. The van der Waals surface area contributed by atoms with Gasteiger partial charge in [0.2, 0.25) is 0 Å². The molecule has 4 aromatic carbocycles. The Morgan fingerprint density at radius 2 is 0.862 bits per heavy atom. The zero-order valence-corrected chi connectivity index (χ0v) is 31.7. The van der Waals surface area contributed by atoms with Crippen molar-refractivity contribution in [2.75, 3.05) is 13.2 Å². The number of ether oxygens (including phenoxy) is 6. The summed E-state index contributed by atoms with van der Waals surface area (Å²) in [5.41, 5.74) is 4.06. The van der Waals surface area contributed by atoms with E-state index >= 15 is 0 Å². The summed E-state index contributed by atoms with van der Waals surface area (Å²) in [6.07, 6.45) is 1.57. The van der Waals surface area contributed by atoms with E-state index < -0.39 is 48.3 Å². The fraction of sp³-hybridized carbons (Fsp3) is 0.261. The van der Waals surface area contributed by atoms with Gasteiger partial charge in [0.15, 0.2) is 23.8 Å². The number of ketones is 2. The van der Waals surface area contributed by atoms with Gasteiger partial charge < -0.3 is 28.4 Å². The van der Waals surface area contributed by atoms with Crippen LogP contribution in [0.1, 0.15) is 55.8 Å². The molecule has 0 saturated carbocycles. The van der Waals surface area contributed by atoms with Gasteiger partial charge in [0.1, 0.15) is 23.7 Å². The summed E-state index contributed by atoms with van der Waals surface area (Å²) in [5, 5.41) is 0. The van der Waals surface area contributed by atoms with Crippen LogP contribution in [0, 0.1) is 0 Å². The number of fused-ring (bicyclic) bond motifs is 1. The third kappa shape index (κ3) is 11.3. The summed E-state index contributed by atoms with van der Waals surface area (Å²) in [6, 6.07) is 26.8. The van der Waals surface area contributed by atoms with Gasteiger partial charge in [0.05, 0.1) is 24.3 Å². The van der Waals surface area contributed by atoms with Crippen molar-refractivity contribution in [3.63, 3.8) is 0 Å². The smallest absolute Gasteiger partial charge is 0.338 e. The van der Waals surface area contributed by atoms with E-state index in [2.05, 4.69) is 13.2 Å². The standard InChI is InChI=1S/C46H42O12/c1-3-35(47)25-31-9-5-29(6-10-31)13-23-41(49)55-37-19-15-33(16-20-37)45(51)57-39-27-53-44-40(28-54-43(39)44)58-46(52)34-17-21-38(22-18-34)56-42(50)24-14-30-7-11-32(12-8-30)26-36(48)4-2/h3-12,15-22,39-40,43-44H,1-2,13-14,23-28H2/t39-,40+,43?,44?. The summed E-state index contributed by atoms with van der Waals surface area (Å²) in [4.78, 5) is 73.9. The summed E-state index contributed by atoms with van der Waals surface area (Å²) in [5.74, 6) is -1.69. The first-order chi connectivity index (χ1) is 28.1. The second-order valence-electron chi connectivity index (χ2n) is 13.8. The first-order valence-electron chi connectivity index (χ1n) is 18.8. The monoisotopic (exact) mass is 786 g/mol. The average Bonchev–Trinajstić information content (AvgIpc) is 3.83. The molecule has 4 atom stereocenters. The molecule has 2 unspecified atom stereocenters. The number of allylic oxidation sites excluding steroid dienone is 2. The fourth-order valence-electron chi connectivity index (χ4n) is 6.41. The first kappa shape index (κ1) is 41.1. The topological polar surface area (TPSA) is 158 Å². The molecule has 2 saturated heterocycles. The number of carbonyl (C=O) groups is 6. The highest BCUT2D eigenvalue weighted by Crippen LogP contribution is 2.32. The van der Waals surface area contributed by atoms with Gasteiger partial charge in [-0.05, 0) is 95.8 Å². The fourth-order valence-corrected chi connectivity index (χ4v) is 6.41. The van der Waals surface area contributed by atoms with E-state index in [1.807, 2.05) is 48.5 Å². The van der Waals surface area contributed by atoms with E-state index in [1.165, 1.54) is 60.7 Å². The lowest BCUT2D eigenvalue weighted by molar-refractivity contribution is -0.135. The van der Waals surface area contributed by atoms with E-state index in [-0.39, 0.29) is 73.1 Å². The number of aryl methyl sites for hydroxylation is 2. The molecule has 2 fully saturated rings. The molecular weight excluding hydrogens is 744 g/mol. The van der Waals surface area contributed by atoms with Gasteiger partial charge in [-0.25, -0.2) is 9.59 Å². The zero-order chi connectivity index (χ0) is 41.0. The second kappa shape index (κ2) is 19.6. The molecule has 0 amide bonds. The van der Waals surface area contributed by atoms with Crippen molar-refractivity contribution >= 4 is 35.4 Å². The highest BCUT2D eigenvalue weighted by Gasteiger charge is 2.51. The molecule has 0 spiro atoms. The van der Waals surface area contributed by atoms with Crippen molar-refractivity contribution in [3.8, 4) is 11.5 Å². The number of carbonyl (C=O) groups excluding carboxylic acids is 6. The number of esters is 4. The maximum atomic E-state index is 13.0. The number of benzene rings is 4. The largest absolute Gasteiger partial charge is 0.453 e. The predicted molar refractivity (Wildman–Crippen MR) is 209 cm³/mol. The molecule has 4 aromatic rings. The highest BCUT2D eigenvalue weighted by molar-refractivity contribution is 5.92. The zero-order valence-electron chi connectivity index (χ0n) is 31.7. The minimum atomic E-state index is -0.739. The van der Waals surface area contributed by atoms with Crippen LogP contribution in [0.15, 0.2) is 122 Å². The van der Waals surface area contributed by atoms with E-state index in [9.17, 15) is 28.8 Å². The van der Waals surface area contributed by atoms with Gasteiger partial charge in [-0.2, -0.15) is 0 Å². The van der Waals surface area contributed by atoms with Crippen molar-refractivity contribution in [1.29, 1.82) is 0 Å². The Kier molecular flexibility index (Phi) is 13.9. The molecule has 0 N–H and O–H groups in total. The van der Waals surface area contributed by atoms with Gasteiger partial charge in [0.25, 0.3) is 0 Å². The average molecular weight is 787 g/mol. The molecule has 0 radical (unpaired) electrons. The van der Waals surface area contributed by atoms with E-state index in [4.69, 9.17) is 28.4 Å². The SMILES string of the molecule is C=CC(=O)Cc1ccc(CCC(=O)Oc2ccc(C(=O)O[C@H]3COC4C3OC[C@H]4OC(=O)c3ccc(OC(=O)CCc4ccc(CC(=O)C=C)cc4)cc3)cc2)cc1. The normalized spacial score (nSPS) is 18.0. The molecule has 2 heterocycles. The summed E-state index contributed by atoms with van der Waals surface area (Å²) in [7, 11) is 0. The van der Waals surface area contributed by atoms with Gasteiger partial charge in [-0.3, -0.25) is 19.2 Å². The van der Waals surface area contributed by atoms with Crippen LogP contribution in [-0.2, 0) is 63.8 Å². The van der Waals surface area contributed by atoms with Crippen LogP contribution >= 0.6 is 0 Å². The van der Waals surface area contributed by atoms with Crippen LogP contribution in [0.25, 0.3) is 0 Å². The van der Waals surface area contributed by atoms with Crippen molar-refractivity contribution < 1.29 is 57.2 Å². The van der Waals surface area contributed by atoms with Crippen LogP contribution < -0.4 is 9.47 Å². The highest BCUT2D eigenvalue weighted by atomic mass is 16.7. The maximum Gasteiger partial charge on any atom is 0.338 e. The number of hydrogen-bond acceptors (Lipinski definition) is 12. The molecule has 6 rings (SSSR count). The Hall–Kier alpha value is -6.50. The third-order valence-corrected chi connectivity index (χ3v) is 9.62. The molecule has 12 heteroatoms. The van der Waals surface area contributed by atoms with E-state index in [1.54, 1.807) is 0 Å². The molecule has 0 aromatic heterocycles. The molecule has 298 valence electrons. The summed E-state index contributed by atoms with van der Waals surface area (Å²) >= 11 is 0. The van der Waals surface area contributed by atoms with E-state index in [0.29, 0.717) is 12.8 Å². The van der Waals surface area contributed by atoms with Crippen molar-refractivity contribution in [2.24, 2.45) is 0 Å². The molecule has 2 aliphatic rings. The summed E-state index contributed by atoms with van der Waals surface area (Å²) < 4.78 is 33.9. The van der Waals surface area contributed by atoms with E-state index in [0.717, 1.165) is 22.3 Å². The Labute approximate surface area is 335 Å². The Balaban J connectivity index is 0.903. The Morgan fingerprint density at radius 1 is 0.517 bits per heavy atom. The number of hydrogen-bond donors (Lipinski definition) is 0. The molecule has 58 heavy (non-hydrogen) atoms. The molecular formula is C46H42O12. The lowest BCUT2D eigenvalue weighted by atomic mass is 10.0. The lowest BCUT2D eigenvalue weighted by Gasteiger charge is -2.17. The van der Waals surface area contributed by atoms with Gasteiger partial charge >= 0.3 is 23.9 Å². The molecule has 12 nitrogen and oxygen atoms in total. The van der Waals surface area contributed by atoms with Crippen molar-refractivity contribution in [2.45, 2.75) is 62.9 Å². The molecule has 0 bridgehead atoms. The first-order valence-corrected chi connectivity index (χ1v) is 18.8. The van der Waals surface area contributed by atoms with Crippen LogP contribution in [-0.4, -0.2) is 73.1 Å². The third-order valence-electron chi connectivity index (χ3n) is 9.62. The minimum Gasteiger partial charge on any atom is -0.453 e. The van der Waals surface area contributed by atoms with Gasteiger partial charge in [-0.15, -0.1) is 0 Å². The Morgan fingerprint density at radius 3 is 1.21 bits per heavy atom. The lowest BCUT2D eigenvalue weighted by Crippen LogP contribution is -2.36. The van der Waals surface area contributed by atoms with Crippen molar-refractivity contribution in [1.82, 2.24) is 0 Å². The quantitative estimate of drug-likeness (QED) is 0.0669. The van der Waals surface area contributed by atoms with Gasteiger partial charge in [-0.1, -0.05) is 61.7 Å². The van der Waals surface area contributed by atoms with Crippen LogP contribution in [0.5, 0.6) is 11.5 Å². The van der Waals surface area contributed by atoms with Crippen molar-refractivity contribution in [3.05, 3.63) is 156 Å². The molecule has 0 aliphatic carbocycles. The minimum absolute atomic E-state index is 0.0443. The van der Waals surface area contributed by atoms with Crippen LogP contribution in [0.3, 0.4) is 0 Å². The van der Waals surface area contributed by atoms with Crippen LogP contribution in [0.2, 0.25) is 0 Å². The second-order valence-corrected chi connectivity index (χ2v) is 13.8. The Bertz CT molecular complexity index is 1980.